The predicted octanol–water partition coefficient (Wildman–Crippen LogP) is 5.77. The van der Waals surface area contributed by atoms with E-state index in [4.69, 9.17) is 32.5 Å². The number of aryl methyl sites for hydroxylation is 2. The van der Waals surface area contributed by atoms with E-state index in [1.165, 1.54) is 21.3 Å². The number of amides is 2. The van der Waals surface area contributed by atoms with Gasteiger partial charge in [0, 0.05) is 72.9 Å². The number of carbonyl (C=O) groups excluding carboxylic acids is 6. The van der Waals surface area contributed by atoms with Crippen molar-refractivity contribution in [3.8, 4) is 0 Å². The van der Waals surface area contributed by atoms with E-state index >= 15 is 0 Å². The number of oxazole rings is 2. The van der Waals surface area contributed by atoms with Crippen molar-refractivity contribution in [2.45, 2.75) is 188 Å². The molecule has 6 rings (SSSR count). The molecule has 0 aromatic carbocycles. The van der Waals surface area contributed by atoms with Gasteiger partial charge in [-0.2, -0.15) is 0 Å². The molecule has 2 saturated carbocycles. The largest absolute Gasteiger partial charge is 0.461 e. The molecule has 4 fully saturated rings. The standard InChI is InChI=1S/C39H57N3O10.C38H55N3O9/c1-24(17-13-10-11-14-18-28-22-42-27(4)51-28)34(45)37(5,6)35(46)41-20-16-12-15-19-29(43)25(2)21-30(50-9)39(48)26(3)32(44)33(40-7)38(39)31(23-49-8)52-36(38)47;1-23(17-13-10-11-14-18-28-22-41-27(5)50-28)33(44)36(6,7)34(45)40-20-16-12-15-19-29(42)24(2)21-30(48-9)38(47)25(3)31(43)32(39-8)37(38)26(4)49-35(37)46/h10-17,19,22,25-26,29-31,33-34,40,43,45,48H,18,20-21,23H2,1-9H3,(H,41,46);10-17,19,22,24-26,29-30,32-33,39,42,44,47H,18,20-21H2,1-9H3,(H,40,45)/b13-10+,14-11+,16-12+,19-15+,24-17+;13-10+,14-11+,16-12+,19-15+,23-17+. The normalized spacial score (nSPS) is 28.2. The Morgan fingerprint density at radius 1 is 0.588 bits per heavy atom. The number of esters is 2. The monoisotopic (exact) mass is 1420 g/mol. The molecule has 0 bridgehead atoms. The van der Waals surface area contributed by atoms with Crippen LogP contribution >= 0.6 is 0 Å². The van der Waals surface area contributed by atoms with Gasteiger partial charge in [-0.3, -0.25) is 28.8 Å². The number of aliphatic hydroxyl groups excluding tert-OH is 4. The van der Waals surface area contributed by atoms with E-state index in [2.05, 4.69) is 31.2 Å². The number of likely N-dealkylation sites (N-methyl/N-ethyl adjacent to an activating group) is 2. The third-order valence-corrected chi connectivity index (χ3v) is 20.8. The minimum Gasteiger partial charge on any atom is -0.461 e. The number of Topliss-reactive ketones (excluding diaryl/α,β-unsaturated/α-hetero) is 2. The minimum atomic E-state index is -1.93. The number of ketones is 2. The lowest BCUT2D eigenvalue weighted by Gasteiger charge is -2.56. The van der Waals surface area contributed by atoms with Gasteiger partial charge in [0.05, 0.1) is 78.5 Å². The van der Waals surface area contributed by atoms with Crippen molar-refractivity contribution in [3.63, 3.8) is 0 Å². The van der Waals surface area contributed by atoms with Crippen molar-refractivity contribution in [1.29, 1.82) is 0 Å². The second-order valence-electron chi connectivity index (χ2n) is 28.2. The van der Waals surface area contributed by atoms with Crippen molar-refractivity contribution in [2.24, 2.45) is 45.3 Å². The van der Waals surface area contributed by atoms with Crippen LogP contribution in [0.15, 0.2) is 142 Å². The van der Waals surface area contributed by atoms with Crippen molar-refractivity contribution in [3.05, 3.63) is 156 Å². The number of nitrogens with zero attached hydrogens (tertiary/aromatic N) is 2. The maximum atomic E-state index is 13.3. The van der Waals surface area contributed by atoms with E-state index in [-0.39, 0.29) is 55.9 Å². The fourth-order valence-electron chi connectivity index (χ4n) is 14.4. The Balaban J connectivity index is 0.000000367. The lowest BCUT2D eigenvalue weighted by Crippen LogP contribution is -2.77. The van der Waals surface area contributed by atoms with Gasteiger partial charge < -0.3 is 84.4 Å². The second-order valence-corrected chi connectivity index (χ2v) is 28.2. The third-order valence-electron chi connectivity index (χ3n) is 20.8. The van der Waals surface area contributed by atoms with Gasteiger partial charge in [0.2, 0.25) is 11.8 Å². The quantitative estimate of drug-likeness (QED) is 0.0286. The molecule has 25 nitrogen and oxygen atoms in total. The number of methoxy groups -OCH3 is 3. The van der Waals surface area contributed by atoms with Crippen LogP contribution in [0.25, 0.3) is 0 Å². The summed E-state index contributed by atoms with van der Waals surface area (Å²) in [5, 5.41) is 79.5. The van der Waals surface area contributed by atoms with Crippen LogP contribution in [0.5, 0.6) is 0 Å². The molecule has 2 saturated heterocycles. The molecule has 102 heavy (non-hydrogen) atoms. The summed E-state index contributed by atoms with van der Waals surface area (Å²) < 4.78 is 38.2. The molecule has 4 heterocycles. The molecule has 0 radical (unpaired) electrons. The number of cyclic esters (lactones) is 2. The molecule has 2 amide bonds. The molecular formula is C77H112N6O19. The van der Waals surface area contributed by atoms with Crippen LogP contribution < -0.4 is 21.3 Å². The van der Waals surface area contributed by atoms with E-state index in [1.54, 1.807) is 189 Å². The van der Waals surface area contributed by atoms with Gasteiger partial charge in [0.15, 0.2) is 34.2 Å². The average Bonchev–Trinajstić information content (AvgIpc) is 1.45. The third kappa shape index (κ3) is 18.0. The number of nitrogens with one attached hydrogen (secondary N) is 4. The summed E-state index contributed by atoms with van der Waals surface area (Å²) in [5.41, 5.74) is -7.81. The van der Waals surface area contributed by atoms with Gasteiger partial charge in [-0.1, -0.05) is 137 Å². The first-order chi connectivity index (χ1) is 48.1. The summed E-state index contributed by atoms with van der Waals surface area (Å²) in [6.45, 7) is 22.6. The SMILES string of the molecule is CNC1C(=O)C(C)C(O)(C(CC(C)C(O)/C=C/C=C/CNC(=O)C(C)(C)C(O)/C(C)=C/C=C/C=C/Cc2cnc(C)o2)OC)C12C(=O)OC2C.CNC1C(=O)C(C)C(O)(C(CC(C)C(O)/C=C/C=C/CNC(=O)C(C)(C)C(O)/C(C)=C/C=C/C=C/Cc2cnc(C)o2)OC)C12C(=O)OC2COC. The van der Waals surface area contributed by atoms with Crippen LogP contribution in [0.3, 0.4) is 0 Å². The molecule has 10 N–H and O–H groups in total. The Hall–Kier alpha value is -7.40. The Labute approximate surface area is 600 Å². The summed E-state index contributed by atoms with van der Waals surface area (Å²) in [6.07, 6.45) is 29.1. The Kier molecular flexibility index (Phi) is 31.2. The average molecular weight is 1430 g/mol. The second kappa shape index (κ2) is 37.3. The lowest BCUT2D eigenvalue weighted by molar-refractivity contribution is -0.277. The van der Waals surface area contributed by atoms with Crippen LogP contribution in [0.1, 0.15) is 112 Å². The first-order valence-electron chi connectivity index (χ1n) is 34.7. The Morgan fingerprint density at radius 3 is 1.31 bits per heavy atom. The van der Waals surface area contributed by atoms with Gasteiger partial charge >= 0.3 is 11.9 Å². The number of carbonyl (C=O) groups is 6. The predicted molar refractivity (Wildman–Crippen MR) is 383 cm³/mol. The topological polar surface area (TPSA) is 370 Å². The Bertz CT molecular complexity index is 3500. The Morgan fingerprint density at radius 2 is 0.971 bits per heavy atom. The highest BCUT2D eigenvalue weighted by atomic mass is 16.6. The molecular weight excluding hydrogens is 1310 g/mol. The smallest absolute Gasteiger partial charge is 0.321 e. The van der Waals surface area contributed by atoms with Crippen molar-refractivity contribution >= 4 is 35.3 Å². The maximum Gasteiger partial charge on any atom is 0.321 e. The molecule has 2 aliphatic carbocycles. The van der Waals surface area contributed by atoms with E-state index in [0.717, 1.165) is 11.5 Å². The van der Waals surface area contributed by atoms with Gasteiger partial charge in [-0.05, 0) is 98.4 Å². The number of aliphatic hydroxyl groups is 6. The highest BCUT2D eigenvalue weighted by molar-refractivity contribution is 6.03. The molecule has 4 aliphatic rings. The first kappa shape index (κ1) is 85.2. The van der Waals surface area contributed by atoms with Crippen LogP contribution in [0.2, 0.25) is 0 Å². The molecule has 2 aromatic rings. The fourth-order valence-corrected chi connectivity index (χ4v) is 14.4. The zero-order valence-electron chi connectivity index (χ0n) is 62.5. The lowest BCUT2D eigenvalue weighted by atomic mass is 9.60. The summed E-state index contributed by atoms with van der Waals surface area (Å²) >= 11 is 0. The number of aromatic nitrogens is 2. The van der Waals surface area contributed by atoms with Gasteiger partial charge in [0.1, 0.15) is 34.9 Å². The van der Waals surface area contributed by atoms with Crippen LogP contribution in [-0.2, 0) is 65.3 Å². The highest BCUT2D eigenvalue weighted by Gasteiger charge is 2.83. The molecule has 2 aliphatic heterocycles. The number of hydrogen-bond donors (Lipinski definition) is 10. The van der Waals surface area contributed by atoms with Crippen LogP contribution in [0.4, 0.5) is 0 Å². The molecule has 2 spiro atoms. The zero-order valence-corrected chi connectivity index (χ0v) is 62.5. The molecule has 564 valence electrons. The molecule has 2 aromatic heterocycles. The van der Waals surface area contributed by atoms with Crippen molar-refractivity contribution in [2.75, 3.05) is 55.1 Å². The maximum absolute atomic E-state index is 13.3. The van der Waals surface area contributed by atoms with E-state index in [1.807, 2.05) is 36.5 Å². The first-order valence-corrected chi connectivity index (χ1v) is 34.7. The minimum absolute atomic E-state index is 0.00616. The van der Waals surface area contributed by atoms with Crippen molar-refractivity contribution < 1.29 is 91.9 Å². The van der Waals surface area contributed by atoms with Gasteiger partial charge in [-0.15, -0.1) is 0 Å². The highest BCUT2D eigenvalue weighted by Crippen LogP contribution is 2.61. The van der Waals surface area contributed by atoms with Gasteiger partial charge in [0.25, 0.3) is 0 Å². The number of allylic oxidation sites excluding steroid dienone is 14. The summed E-state index contributed by atoms with van der Waals surface area (Å²) in [4.78, 5) is 86.6. The molecule has 18 atom stereocenters. The van der Waals surface area contributed by atoms with Crippen LogP contribution in [0, 0.1) is 59.2 Å². The number of rotatable bonds is 36. The van der Waals surface area contributed by atoms with Crippen molar-refractivity contribution in [1.82, 2.24) is 31.2 Å². The summed E-state index contributed by atoms with van der Waals surface area (Å²) in [6, 6.07) is -1.92. The van der Waals surface area contributed by atoms with E-state index in [9.17, 15) is 59.4 Å². The zero-order chi connectivity index (χ0) is 76.3. The van der Waals surface area contributed by atoms with Gasteiger partial charge in [-0.25, -0.2) is 9.97 Å². The molecule has 25 heteroatoms. The van der Waals surface area contributed by atoms with E-state index in [0.29, 0.717) is 35.8 Å². The van der Waals surface area contributed by atoms with Crippen LogP contribution in [-0.4, -0.2) is 203 Å². The summed E-state index contributed by atoms with van der Waals surface area (Å²) in [5.74, 6) is -2.54. The number of hydrogen-bond acceptors (Lipinski definition) is 23. The van der Waals surface area contributed by atoms with E-state index < -0.39 is 129 Å². The number of ether oxygens (including phenoxy) is 5. The fraction of sp³-hybridized carbons (Fsp3) is 0.584. The molecule has 18 unspecified atom stereocenters. The summed E-state index contributed by atoms with van der Waals surface area (Å²) in [7, 11) is 7.40.